The van der Waals surface area contributed by atoms with Crippen LogP contribution in [-0.4, -0.2) is 58.9 Å². The Labute approximate surface area is 120 Å². The Morgan fingerprint density at radius 1 is 1.20 bits per heavy atom. The lowest BCUT2D eigenvalue weighted by Crippen LogP contribution is -2.50. The topological polar surface area (TPSA) is 52.7 Å². The minimum absolute atomic E-state index is 0.00315. The molecule has 1 aliphatic carbocycles. The number of amides is 2. The lowest BCUT2D eigenvalue weighted by Gasteiger charge is -2.25. The smallest absolute Gasteiger partial charge is 0.245 e. The third-order valence-corrected chi connectivity index (χ3v) is 4.79. The predicted molar refractivity (Wildman–Crippen MR) is 76.1 cm³/mol. The van der Waals surface area contributed by atoms with Crippen molar-refractivity contribution >= 4 is 11.8 Å². The summed E-state index contributed by atoms with van der Waals surface area (Å²) in [5.41, 5.74) is 0. The van der Waals surface area contributed by atoms with Crippen molar-refractivity contribution in [3.63, 3.8) is 0 Å². The van der Waals surface area contributed by atoms with Gasteiger partial charge in [-0.3, -0.25) is 14.5 Å². The van der Waals surface area contributed by atoms with Gasteiger partial charge in [-0.1, -0.05) is 0 Å². The summed E-state index contributed by atoms with van der Waals surface area (Å²) in [6.45, 7) is 5.85. The largest absolute Gasteiger partial charge is 0.343 e. The molecule has 1 N–H and O–H groups in total. The van der Waals surface area contributed by atoms with Gasteiger partial charge in [0.1, 0.15) is 6.04 Å². The Morgan fingerprint density at radius 2 is 1.95 bits per heavy atom. The summed E-state index contributed by atoms with van der Waals surface area (Å²) in [6.07, 6.45) is 5.25. The van der Waals surface area contributed by atoms with Crippen molar-refractivity contribution in [2.24, 2.45) is 0 Å². The summed E-state index contributed by atoms with van der Waals surface area (Å²) in [5.74, 6) is 0.155. The van der Waals surface area contributed by atoms with Crippen LogP contribution in [-0.2, 0) is 9.59 Å². The first-order valence-electron chi connectivity index (χ1n) is 7.94. The van der Waals surface area contributed by atoms with Crippen LogP contribution < -0.4 is 5.32 Å². The summed E-state index contributed by atoms with van der Waals surface area (Å²) in [6, 6.07) is 0.550. The first kappa shape index (κ1) is 13.9. The van der Waals surface area contributed by atoms with E-state index < -0.39 is 0 Å². The second-order valence-corrected chi connectivity index (χ2v) is 6.60. The van der Waals surface area contributed by atoms with Crippen molar-refractivity contribution in [3.8, 4) is 0 Å². The second-order valence-electron chi connectivity index (χ2n) is 6.60. The fourth-order valence-corrected chi connectivity index (χ4v) is 3.53. The van der Waals surface area contributed by atoms with Gasteiger partial charge < -0.3 is 10.2 Å². The molecule has 20 heavy (non-hydrogen) atoms. The molecular weight excluding hydrogens is 254 g/mol. The van der Waals surface area contributed by atoms with E-state index in [9.17, 15) is 9.59 Å². The van der Waals surface area contributed by atoms with E-state index in [1.807, 2.05) is 18.7 Å². The first-order valence-corrected chi connectivity index (χ1v) is 7.94. The molecule has 0 aromatic rings. The highest BCUT2D eigenvalue weighted by atomic mass is 16.2. The van der Waals surface area contributed by atoms with Crippen molar-refractivity contribution in [3.05, 3.63) is 0 Å². The van der Waals surface area contributed by atoms with Gasteiger partial charge in [-0.15, -0.1) is 0 Å². The number of nitrogens with zero attached hydrogens (tertiary/aromatic N) is 2. The quantitative estimate of drug-likeness (QED) is 0.826. The monoisotopic (exact) mass is 279 g/mol. The van der Waals surface area contributed by atoms with Crippen molar-refractivity contribution in [2.75, 3.05) is 13.1 Å². The normalized spacial score (nSPS) is 31.4. The Kier molecular flexibility index (Phi) is 3.71. The second kappa shape index (κ2) is 5.35. The van der Waals surface area contributed by atoms with Crippen molar-refractivity contribution in [1.82, 2.24) is 15.1 Å². The zero-order valence-corrected chi connectivity index (χ0v) is 12.5. The first-order chi connectivity index (χ1) is 9.58. The molecule has 3 fully saturated rings. The van der Waals surface area contributed by atoms with Gasteiger partial charge in [0.05, 0.1) is 6.04 Å². The van der Waals surface area contributed by atoms with Crippen LogP contribution in [0.15, 0.2) is 0 Å². The fourth-order valence-electron chi connectivity index (χ4n) is 3.53. The standard InChI is InChI=1S/C15H25N3O2/c1-10(2)17-9-7-12(15(17)20)16-14(19)13-4-3-8-18(13)11-5-6-11/h10-13H,3-9H2,1-2H3,(H,16,19)/t12-,13-/m0/s1. The highest BCUT2D eigenvalue weighted by Gasteiger charge is 2.42. The van der Waals surface area contributed by atoms with Crippen LogP contribution in [0.4, 0.5) is 0 Å². The third kappa shape index (κ3) is 2.55. The molecule has 2 atom stereocenters. The van der Waals surface area contributed by atoms with E-state index in [2.05, 4.69) is 10.2 Å². The summed E-state index contributed by atoms with van der Waals surface area (Å²) in [4.78, 5) is 28.9. The molecule has 5 nitrogen and oxygen atoms in total. The van der Waals surface area contributed by atoms with Gasteiger partial charge >= 0.3 is 0 Å². The number of hydrogen-bond acceptors (Lipinski definition) is 3. The number of likely N-dealkylation sites (tertiary alicyclic amines) is 2. The Bertz CT molecular complexity index is 406. The molecule has 2 amide bonds. The number of nitrogens with one attached hydrogen (secondary N) is 1. The molecule has 3 rings (SSSR count). The summed E-state index contributed by atoms with van der Waals surface area (Å²) in [5, 5.41) is 3.00. The van der Waals surface area contributed by atoms with Gasteiger partial charge in [0.15, 0.2) is 0 Å². The highest BCUT2D eigenvalue weighted by molar-refractivity contribution is 5.91. The minimum Gasteiger partial charge on any atom is -0.343 e. The summed E-state index contributed by atoms with van der Waals surface area (Å²) < 4.78 is 0. The number of rotatable bonds is 4. The van der Waals surface area contributed by atoms with Crippen LogP contribution in [0, 0.1) is 0 Å². The van der Waals surface area contributed by atoms with Gasteiger partial charge in [0.25, 0.3) is 0 Å². The zero-order valence-electron chi connectivity index (χ0n) is 12.5. The molecule has 2 saturated heterocycles. The molecular formula is C15H25N3O2. The molecule has 2 heterocycles. The minimum atomic E-state index is -0.299. The van der Waals surface area contributed by atoms with Crippen LogP contribution in [0.3, 0.4) is 0 Å². The van der Waals surface area contributed by atoms with Crippen LogP contribution in [0.2, 0.25) is 0 Å². The van der Waals surface area contributed by atoms with Crippen LogP contribution in [0.1, 0.15) is 46.0 Å². The SMILES string of the molecule is CC(C)N1CC[C@H](NC(=O)[C@@H]2CCCN2C2CC2)C1=O. The Hall–Kier alpha value is -1.10. The van der Waals surface area contributed by atoms with Crippen molar-refractivity contribution in [1.29, 1.82) is 0 Å². The molecule has 0 spiro atoms. The van der Waals surface area contributed by atoms with Gasteiger partial charge in [-0.2, -0.15) is 0 Å². The lowest BCUT2D eigenvalue weighted by molar-refractivity contribution is -0.135. The number of hydrogen-bond donors (Lipinski definition) is 1. The van der Waals surface area contributed by atoms with Gasteiger partial charge in [0.2, 0.25) is 11.8 Å². The maximum atomic E-state index is 12.4. The molecule has 1 saturated carbocycles. The van der Waals surface area contributed by atoms with Crippen molar-refractivity contribution < 1.29 is 9.59 Å². The zero-order chi connectivity index (χ0) is 14.3. The van der Waals surface area contributed by atoms with Gasteiger partial charge in [-0.05, 0) is 52.5 Å². The summed E-state index contributed by atoms with van der Waals surface area (Å²) >= 11 is 0. The number of carbonyl (C=O) groups is 2. The molecule has 2 aliphatic heterocycles. The van der Waals surface area contributed by atoms with E-state index in [0.717, 1.165) is 32.4 Å². The Balaban J connectivity index is 1.58. The third-order valence-electron chi connectivity index (χ3n) is 4.79. The fraction of sp³-hybridized carbons (Fsp3) is 0.867. The molecule has 0 unspecified atom stereocenters. The molecule has 5 heteroatoms. The van der Waals surface area contributed by atoms with Gasteiger partial charge in [-0.25, -0.2) is 0 Å². The summed E-state index contributed by atoms with van der Waals surface area (Å²) in [7, 11) is 0. The molecule has 0 aromatic heterocycles. The molecule has 0 bridgehead atoms. The molecule has 112 valence electrons. The van der Waals surface area contributed by atoms with E-state index in [4.69, 9.17) is 0 Å². The van der Waals surface area contributed by atoms with Crippen LogP contribution >= 0.6 is 0 Å². The van der Waals surface area contributed by atoms with E-state index in [0.29, 0.717) is 6.04 Å². The van der Waals surface area contributed by atoms with E-state index in [1.165, 1.54) is 12.8 Å². The van der Waals surface area contributed by atoms with Crippen molar-refractivity contribution in [2.45, 2.75) is 70.1 Å². The molecule has 0 radical (unpaired) electrons. The predicted octanol–water partition coefficient (Wildman–Crippen LogP) is 0.739. The van der Waals surface area contributed by atoms with Crippen LogP contribution in [0.25, 0.3) is 0 Å². The van der Waals surface area contributed by atoms with E-state index >= 15 is 0 Å². The Morgan fingerprint density at radius 3 is 2.55 bits per heavy atom. The average molecular weight is 279 g/mol. The maximum Gasteiger partial charge on any atom is 0.245 e. The number of carbonyl (C=O) groups excluding carboxylic acids is 2. The van der Waals surface area contributed by atoms with Gasteiger partial charge in [0, 0.05) is 18.6 Å². The maximum absolute atomic E-state index is 12.4. The van der Waals surface area contributed by atoms with E-state index in [1.54, 1.807) is 0 Å². The molecule has 3 aliphatic rings. The average Bonchev–Trinajstić information content (AvgIpc) is 3.01. The van der Waals surface area contributed by atoms with Crippen LogP contribution in [0.5, 0.6) is 0 Å². The van der Waals surface area contributed by atoms with E-state index in [-0.39, 0.29) is 29.9 Å². The molecule has 0 aromatic carbocycles. The lowest BCUT2D eigenvalue weighted by atomic mass is 10.1. The highest BCUT2D eigenvalue weighted by Crippen LogP contribution is 2.33.